The van der Waals surface area contributed by atoms with E-state index in [0.717, 1.165) is 5.56 Å². The first-order valence-electron chi connectivity index (χ1n) is 11.8. The third-order valence-electron chi connectivity index (χ3n) is 6.35. The molecule has 0 spiro atoms. The Labute approximate surface area is 216 Å². The lowest BCUT2D eigenvalue weighted by atomic mass is 10.0. The van der Waals surface area contributed by atoms with Crippen molar-refractivity contribution in [3.63, 3.8) is 0 Å². The highest BCUT2D eigenvalue weighted by atomic mass is 35.5. The van der Waals surface area contributed by atoms with Crippen molar-refractivity contribution in [2.75, 3.05) is 39.5 Å². The van der Waals surface area contributed by atoms with Crippen LogP contribution in [0.2, 0.25) is 5.02 Å². The molecular weight excluding hydrogens is 483 g/mol. The van der Waals surface area contributed by atoms with Crippen molar-refractivity contribution in [1.82, 2.24) is 14.7 Å². The minimum atomic E-state index is -0.662. The van der Waals surface area contributed by atoms with E-state index in [4.69, 9.17) is 11.6 Å². The molecule has 1 N–H and O–H groups in total. The number of halogens is 2. The predicted molar refractivity (Wildman–Crippen MR) is 141 cm³/mol. The first kappa shape index (κ1) is 27.4. The van der Waals surface area contributed by atoms with E-state index in [-0.39, 0.29) is 23.8 Å². The molecule has 1 heterocycles. The van der Waals surface area contributed by atoms with Gasteiger partial charge in [-0.3, -0.25) is 19.3 Å². The Balaban J connectivity index is 1.80. The van der Waals surface area contributed by atoms with Gasteiger partial charge in [0.2, 0.25) is 5.78 Å². The summed E-state index contributed by atoms with van der Waals surface area (Å²) in [4.78, 5) is 42.9. The summed E-state index contributed by atoms with van der Waals surface area (Å²) in [6.45, 7) is 5.88. The summed E-state index contributed by atoms with van der Waals surface area (Å²) in [6, 6.07) is 9.76. The first-order chi connectivity index (χ1) is 17.0. The number of carbonyl (C=O) groups is 3. The molecule has 2 aromatic carbocycles. The van der Waals surface area contributed by atoms with Crippen molar-refractivity contribution in [3.8, 4) is 0 Å². The van der Waals surface area contributed by atoms with Gasteiger partial charge in [-0.15, -0.1) is 0 Å². The van der Waals surface area contributed by atoms with Crippen LogP contribution in [0.25, 0.3) is 6.08 Å². The van der Waals surface area contributed by atoms with Crippen molar-refractivity contribution in [1.29, 1.82) is 0 Å². The van der Waals surface area contributed by atoms with Crippen LogP contribution in [-0.2, 0) is 16.1 Å². The van der Waals surface area contributed by atoms with Crippen LogP contribution in [0.1, 0.15) is 35.3 Å². The van der Waals surface area contributed by atoms with E-state index in [0.29, 0.717) is 41.5 Å². The molecule has 3 rings (SSSR count). The van der Waals surface area contributed by atoms with Crippen molar-refractivity contribution >= 4 is 41.0 Å². The van der Waals surface area contributed by atoms with E-state index in [1.54, 1.807) is 36.2 Å². The van der Waals surface area contributed by atoms with Gasteiger partial charge in [0.1, 0.15) is 5.82 Å². The number of ketones is 1. The number of benzene rings is 2. The Hall–Kier alpha value is -3.23. The smallest absolute Gasteiger partial charge is 0.293 e. The number of anilines is 1. The van der Waals surface area contributed by atoms with Crippen LogP contribution in [-0.4, -0.2) is 78.6 Å². The van der Waals surface area contributed by atoms with Gasteiger partial charge in [-0.1, -0.05) is 23.7 Å². The summed E-state index contributed by atoms with van der Waals surface area (Å²) >= 11 is 6.50. The highest BCUT2D eigenvalue weighted by molar-refractivity contribution is 6.41. The number of rotatable bonds is 7. The van der Waals surface area contributed by atoms with E-state index in [2.05, 4.69) is 17.1 Å². The van der Waals surface area contributed by atoms with E-state index in [1.807, 2.05) is 6.92 Å². The number of piperazine rings is 1. The van der Waals surface area contributed by atoms with Crippen molar-refractivity contribution in [3.05, 3.63) is 70.0 Å². The Bertz CT molecular complexity index is 1170. The van der Waals surface area contributed by atoms with Crippen LogP contribution >= 0.6 is 11.6 Å². The van der Waals surface area contributed by atoms with Gasteiger partial charge in [0.25, 0.3) is 11.8 Å². The molecule has 1 saturated heterocycles. The summed E-state index contributed by atoms with van der Waals surface area (Å²) in [5.74, 6) is -1.76. The van der Waals surface area contributed by atoms with Crippen LogP contribution in [0.15, 0.2) is 42.5 Å². The van der Waals surface area contributed by atoms with E-state index >= 15 is 0 Å². The summed E-state index contributed by atoms with van der Waals surface area (Å²) in [5, 5.41) is 3.31. The molecule has 1 aliphatic heterocycles. The predicted octanol–water partition coefficient (Wildman–Crippen LogP) is 3.93. The number of hydrogen-bond donors (Lipinski definition) is 1. The van der Waals surface area contributed by atoms with Crippen molar-refractivity contribution < 1.29 is 18.8 Å². The van der Waals surface area contributed by atoms with Crippen LogP contribution < -0.4 is 5.32 Å². The maximum atomic E-state index is 13.6. The van der Waals surface area contributed by atoms with E-state index in [9.17, 15) is 18.8 Å². The summed E-state index contributed by atoms with van der Waals surface area (Å²) in [7, 11) is 4.73. The molecule has 9 heteroatoms. The van der Waals surface area contributed by atoms with Crippen LogP contribution in [0.5, 0.6) is 0 Å². The lowest BCUT2D eigenvalue weighted by Gasteiger charge is -2.44. The highest BCUT2D eigenvalue weighted by Gasteiger charge is 2.33. The Morgan fingerprint density at radius 3 is 2.39 bits per heavy atom. The van der Waals surface area contributed by atoms with Crippen molar-refractivity contribution in [2.24, 2.45) is 0 Å². The molecule has 0 bridgehead atoms. The fourth-order valence-corrected chi connectivity index (χ4v) is 4.49. The maximum absolute atomic E-state index is 13.6. The van der Waals surface area contributed by atoms with Crippen LogP contribution in [0.4, 0.5) is 10.1 Å². The summed E-state index contributed by atoms with van der Waals surface area (Å²) in [5.41, 5.74) is 2.54. The highest BCUT2D eigenvalue weighted by Crippen LogP contribution is 2.29. The van der Waals surface area contributed by atoms with Gasteiger partial charge in [0, 0.05) is 58.5 Å². The van der Waals surface area contributed by atoms with Gasteiger partial charge in [0.15, 0.2) is 0 Å². The SMILES string of the molecule is CNc1cc(Cl)c(C(=O)N2C[C@H](C)N(Cc3ccc(F)cc3)C[C@H]2C)cc1/C=C/C(=O)C(=O)N(C)C. The number of nitrogens with one attached hydrogen (secondary N) is 1. The van der Waals surface area contributed by atoms with Crippen LogP contribution in [0.3, 0.4) is 0 Å². The summed E-state index contributed by atoms with van der Waals surface area (Å²) in [6.07, 6.45) is 2.70. The molecule has 1 aliphatic rings. The molecule has 0 radical (unpaired) electrons. The minimum Gasteiger partial charge on any atom is -0.388 e. The summed E-state index contributed by atoms with van der Waals surface area (Å²) < 4.78 is 13.3. The largest absolute Gasteiger partial charge is 0.388 e. The third kappa shape index (κ3) is 6.30. The fraction of sp³-hybridized carbons (Fsp3) is 0.370. The third-order valence-corrected chi connectivity index (χ3v) is 6.66. The lowest BCUT2D eigenvalue weighted by Crippen LogP contribution is -2.57. The Kier molecular flexibility index (Phi) is 8.87. The van der Waals surface area contributed by atoms with Crippen LogP contribution in [0, 0.1) is 5.82 Å². The standard InChI is InChI=1S/C27H32ClFN4O3/c1-17-15-33(18(2)14-32(17)16-19-6-9-21(29)10-7-19)26(35)22-12-20(24(30-3)13-23(22)28)8-11-25(34)27(36)31(4)5/h6-13,17-18,30H,14-16H2,1-5H3/b11-8+/t17-,18+/m0/s1. The van der Waals surface area contributed by atoms with E-state index in [1.165, 1.54) is 43.3 Å². The minimum absolute atomic E-state index is 0.0764. The second-order valence-electron chi connectivity index (χ2n) is 9.28. The topological polar surface area (TPSA) is 73.0 Å². The quantitative estimate of drug-likeness (QED) is 0.448. The lowest BCUT2D eigenvalue weighted by molar-refractivity contribution is -0.140. The first-order valence-corrected chi connectivity index (χ1v) is 12.1. The fourth-order valence-electron chi connectivity index (χ4n) is 4.25. The molecule has 0 unspecified atom stereocenters. The molecule has 192 valence electrons. The van der Waals surface area contributed by atoms with E-state index < -0.39 is 11.7 Å². The zero-order valence-corrected chi connectivity index (χ0v) is 22.0. The Morgan fingerprint density at radius 2 is 1.78 bits per heavy atom. The second kappa shape index (κ2) is 11.7. The zero-order valence-electron chi connectivity index (χ0n) is 21.2. The number of likely N-dealkylation sites (N-methyl/N-ethyl adjacent to an activating group) is 1. The van der Waals surface area contributed by atoms with Gasteiger partial charge in [0.05, 0.1) is 10.6 Å². The molecular formula is C27H32ClFN4O3. The average Bonchev–Trinajstić information content (AvgIpc) is 2.85. The molecule has 0 aliphatic carbocycles. The molecule has 36 heavy (non-hydrogen) atoms. The second-order valence-corrected chi connectivity index (χ2v) is 9.69. The van der Waals surface area contributed by atoms with Gasteiger partial charge in [-0.25, -0.2) is 4.39 Å². The number of nitrogens with zero attached hydrogens (tertiary/aromatic N) is 3. The molecule has 7 nitrogen and oxygen atoms in total. The number of carbonyl (C=O) groups excluding carboxylic acids is 3. The average molecular weight is 515 g/mol. The molecule has 0 saturated carbocycles. The number of amides is 2. The zero-order chi connectivity index (χ0) is 26.6. The Morgan fingerprint density at radius 1 is 1.11 bits per heavy atom. The maximum Gasteiger partial charge on any atom is 0.293 e. The van der Waals surface area contributed by atoms with Gasteiger partial charge < -0.3 is 15.1 Å². The van der Waals surface area contributed by atoms with Crippen molar-refractivity contribution in [2.45, 2.75) is 32.5 Å². The van der Waals surface area contributed by atoms with Gasteiger partial charge in [-0.05, 0) is 61.4 Å². The molecule has 2 atom stereocenters. The van der Waals surface area contributed by atoms with Gasteiger partial charge in [-0.2, -0.15) is 0 Å². The monoisotopic (exact) mass is 514 g/mol. The molecule has 1 fully saturated rings. The number of hydrogen-bond acceptors (Lipinski definition) is 5. The van der Waals surface area contributed by atoms with Gasteiger partial charge >= 0.3 is 0 Å². The normalized spacial score (nSPS) is 18.4. The molecule has 2 aromatic rings. The molecule has 0 aromatic heterocycles. The molecule has 2 amide bonds.